The van der Waals surface area contributed by atoms with Crippen LogP contribution in [0.15, 0.2) is 48.9 Å². The van der Waals surface area contributed by atoms with E-state index in [1.54, 1.807) is 26.2 Å². The number of nitrogens with two attached hydrogens (primary N) is 1. The second-order valence-corrected chi connectivity index (χ2v) is 9.79. The number of rotatable bonds is 8. The number of aliphatic hydroxyl groups is 1. The molecular weight excluding hydrogens is 499 g/mol. The maximum atomic E-state index is 14.7. The Morgan fingerprint density at radius 2 is 1.92 bits per heavy atom. The molecule has 0 aliphatic heterocycles. The van der Waals surface area contributed by atoms with Gasteiger partial charge in [-0.15, -0.1) is 11.3 Å². The van der Waals surface area contributed by atoms with Gasteiger partial charge in [0.15, 0.2) is 22.5 Å². The Labute approximate surface area is 215 Å². The van der Waals surface area contributed by atoms with E-state index in [0.717, 1.165) is 4.88 Å². The number of thiazole rings is 1. The van der Waals surface area contributed by atoms with Crippen LogP contribution in [0.3, 0.4) is 0 Å². The summed E-state index contributed by atoms with van der Waals surface area (Å²) in [6.07, 6.45) is 4.42. The summed E-state index contributed by atoms with van der Waals surface area (Å²) in [6.45, 7) is 5.04. The van der Waals surface area contributed by atoms with Crippen LogP contribution in [0, 0.1) is 12.7 Å². The lowest BCUT2D eigenvalue weighted by Gasteiger charge is -2.14. The van der Waals surface area contributed by atoms with Crippen molar-refractivity contribution in [2.75, 3.05) is 5.32 Å². The van der Waals surface area contributed by atoms with Crippen molar-refractivity contribution >= 4 is 28.3 Å². The fourth-order valence-electron chi connectivity index (χ4n) is 3.33. The smallest absolute Gasteiger partial charge is 0.254 e. The third-order valence-electron chi connectivity index (χ3n) is 5.12. The summed E-state index contributed by atoms with van der Waals surface area (Å²) in [7, 11) is 0. The van der Waals surface area contributed by atoms with Gasteiger partial charge < -0.3 is 20.9 Å². The number of hydrogen-bond acceptors (Lipinski definition) is 9. The molecule has 0 saturated heterocycles. The van der Waals surface area contributed by atoms with Gasteiger partial charge in [-0.25, -0.2) is 24.3 Å². The van der Waals surface area contributed by atoms with Gasteiger partial charge in [-0.2, -0.15) is 0 Å². The number of carbonyl (C=O) groups is 2. The van der Waals surface area contributed by atoms with Gasteiger partial charge in [0.1, 0.15) is 11.2 Å². The summed E-state index contributed by atoms with van der Waals surface area (Å²) >= 11 is 1.28. The number of benzene rings is 1. The SMILES string of the molecule is Cc1sc(NC(=O)Cc2ccc(Oc3ncccc3C(N)=O)c(F)c2)nc1-c1cnc(C(C)(C)O)nc1. The Balaban J connectivity index is 1.42. The molecule has 2 amide bonds. The van der Waals surface area contributed by atoms with Crippen LogP contribution in [0.25, 0.3) is 11.3 Å². The minimum atomic E-state index is -1.16. The summed E-state index contributed by atoms with van der Waals surface area (Å²) in [5.74, 6) is -1.86. The average Bonchev–Trinajstić information content (AvgIpc) is 3.20. The fraction of sp³-hybridized carbons (Fsp3) is 0.200. The minimum absolute atomic E-state index is 0.0169. The van der Waals surface area contributed by atoms with E-state index in [-0.39, 0.29) is 35.3 Å². The van der Waals surface area contributed by atoms with Crippen LogP contribution in [0.5, 0.6) is 11.6 Å². The number of nitrogens with one attached hydrogen (secondary N) is 1. The summed E-state index contributed by atoms with van der Waals surface area (Å²) in [6, 6.07) is 6.98. The number of nitrogens with zero attached hydrogens (tertiary/aromatic N) is 4. The number of aryl methyl sites for hydroxylation is 1. The van der Waals surface area contributed by atoms with E-state index in [2.05, 4.69) is 25.3 Å². The van der Waals surface area contributed by atoms with Crippen LogP contribution in [-0.4, -0.2) is 36.9 Å². The van der Waals surface area contributed by atoms with E-state index in [4.69, 9.17) is 10.5 Å². The van der Waals surface area contributed by atoms with Crippen molar-refractivity contribution in [1.29, 1.82) is 0 Å². The molecule has 0 radical (unpaired) electrons. The number of amides is 2. The maximum Gasteiger partial charge on any atom is 0.254 e. The second-order valence-electron chi connectivity index (χ2n) is 8.59. The molecule has 0 fully saturated rings. The molecule has 37 heavy (non-hydrogen) atoms. The van der Waals surface area contributed by atoms with Crippen LogP contribution in [0.4, 0.5) is 9.52 Å². The molecule has 10 nitrogen and oxygen atoms in total. The molecule has 4 rings (SSSR count). The number of halogens is 1. The number of carbonyl (C=O) groups excluding carboxylic acids is 2. The molecule has 0 saturated carbocycles. The quantitative estimate of drug-likeness (QED) is 0.316. The first kappa shape index (κ1) is 25.8. The first-order valence-corrected chi connectivity index (χ1v) is 11.9. The van der Waals surface area contributed by atoms with Gasteiger partial charge in [-0.1, -0.05) is 6.07 Å². The molecule has 0 unspecified atom stereocenters. The third-order valence-corrected chi connectivity index (χ3v) is 6.01. The van der Waals surface area contributed by atoms with E-state index in [9.17, 15) is 19.1 Å². The van der Waals surface area contributed by atoms with Crippen LogP contribution in [0.2, 0.25) is 0 Å². The molecule has 0 spiro atoms. The lowest BCUT2D eigenvalue weighted by molar-refractivity contribution is -0.115. The number of aromatic nitrogens is 4. The van der Waals surface area contributed by atoms with Crippen molar-refractivity contribution in [2.45, 2.75) is 32.8 Å². The Hall–Kier alpha value is -4.29. The molecule has 4 N–H and O–H groups in total. The zero-order valence-corrected chi connectivity index (χ0v) is 21.0. The summed E-state index contributed by atoms with van der Waals surface area (Å²) in [5.41, 5.74) is 5.81. The zero-order valence-electron chi connectivity index (χ0n) is 20.2. The first-order chi connectivity index (χ1) is 17.5. The molecule has 0 aliphatic carbocycles. The first-order valence-electron chi connectivity index (χ1n) is 11.0. The lowest BCUT2D eigenvalue weighted by Crippen LogP contribution is -2.19. The number of primary amides is 1. The molecular formula is C25H23FN6O4S. The van der Waals surface area contributed by atoms with Gasteiger partial charge >= 0.3 is 0 Å². The molecule has 12 heteroatoms. The van der Waals surface area contributed by atoms with Gasteiger partial charge in [-0.05, 0) is 50.6 Å². The topological polar surface area (TPSA) is 153 Å². The molecule has 3 heterocycles. The molecule has 4 aromatic rings. The number of hydrogen-bond donors (Lipinski definition) is 3. The lowest BCUT2D eigenvalue weighted by atomic mass is 10.1. The predicted octanol–water partition coefficient (Wildman–Crippen LogP) is 3.74. The molecule has 0 atom stereocenters. The monoisotopic (exact) mass is 522 g/mol. The zero-order chi connectivity index (χ0) is 26.7. The Kier molecular flexibility index (Phi) is 7.23. The second kappa shape index (κ2) is 10.4. The Bertz CT molecular complexity index is 1470. The van der Waals surface area contributed by atoms with Gasteiger partial charge in [0.2, 0.25) is 11.8 Å². The molecule has 1 aromatic carbocycles. The molecule has 3 aromatic heterocycles. The minimum Gasteiger partial charge on any atom is -0.435 e. The largest absolute Gasteiger partial charge is 0.435 e. The van der Waals surface area contributed by atoms with Crippen molar-refractivity contribution in [3.63, 3.8) is 0 Å². The Morgan fingerprint density at radius 1 is 1.19 bits per heavy atom. The highest BCUT2D eigenvalue weighted by atomic mass is 32.1. The van der Waals surface area contributed by atoms with Gasteiger partial charge in [0.05, 0.1) is 12.1 Å². The van der Waals surface area contributed by atoms with Gasteiger partial charge in [-0.3, -0.25) is 9.59 Å². The predicted molar refractivity (Wildman–Crippen MR) is 135 cm³/mol. The fourth-order valence-corrected chi connectivity index (χ4v) is 4.19. The van der Waals surface area contributed by atoms with Crippen LogP contribution in [-0.2, 0) is 16.8 Å². The van der Waals surface area contributed by atoms with E-state index < -0.39 is 17.3 Å². The van der Waals surface area contributed by atoms with Crippen molar-refractivity contribution in [1.82, 2.24) is 19.9 Å². The Morgan fingerprint density at radius 3 is 2.57 bits per heavy atom. The average molecular weight is 523 g/mol. The standard InChI is InChI=1S/C25H23FN6O4S/c1-13-20(15-11-29-23(30-12-15)25(2,3)35)32-24(37-13)31-19(33)10-14-6-7-18(17(26)9-14)36-22-16(21(27)34)5-4-8-28-22/h4-9,11-12,35H,10H2,1-3H3,(H2,27,34)(H,31,32,33). The van der Waals surface area contributed by atoms with Crippen LogP contribution in [0.1, 0.15) is 40.5 Å². The number of anilines is 1. The summed E-state index contributed by atoms with van der Waals surface area (Å²) in [4.78, 5) is 41.7. The van der Waals surface area contributed by atoms with Gasteiger partial charge in [0, 0.05) is 29.0 Å². The number of ether oxygens (including phenoxy) is 1. The van der Waals surface area contributed by atoms with Crippen molar-refractivity contribution in [3.05, 3.63) is 76.6 Å². The van der Waals surface area contributed by atoms with E-state index in [1.807, 2.05) is 6.92 Å². The normalized spacial score (nSPS) is 11.3. The van der Waals surface area contributed by atoms with E-state index >= 15 is 0 Å². The van der Waals surface area contributed by atoms with E-state index in [0.29, 0.717) is 22.0 Å². The summed E-state index contributed by atoms with van der Waals surface area (Å²) in [5, 5.41) is 13.1. The van der Waals surface area contributed by atoms with Crippen LogP contribution >= 0.6 is 11.3 Å². The number of pyridine rings is 1. The molecule has 190 valence electrons. The molecule has 0 bridgehead atoms. The van der Waals surface area contributed by atoms with Gasteiger partial charge in [0.25, 0.3) is 5.91 Å². The highest BCUT2D eigenvalue weighted by Gasteiger charge is 2.20. The highest BCUT2D eigenvalue weighted by Crippen LogP contribution is 2.31. The van der Waals surface area contributed by atoms with Crippen molar-refractivity contribution in [3.8, 4) is 22.9 Å². The third kappa shape index (κ3) is 6.11. The van der Waals surface area contributed by atoms with Crippen LogP contribution < -0.4 is 15.8 Å². The van der Waals surface area contributed by atoms with Crippen molar-refractivity contribution in [2.24, 2.45) is 5.73 Å². The molecule has 0 aliphatic rings. The van der Waals surface area contributed by atoms with E-state index in [1.165, 1.54) is 47.9 Å². The highest BCUT2D eigenvalue weighted by molar-refractivity contribution is 7.16. The maximum absolute atomic E-state index is 14.7. The summed E-state index contributed by atoms with van der Waals surface area (Å²) < 4.78 is 20.1. The van der Waals surface area contributed by atoms with Crippen molar-refractivity contribution < 1.29 is 23.8 Å².